The molecule has 3 rings (SSSR count). The van der Waals surface area contributed by atoms with Crippen LogP contribution in [-0.4, -0.2) is 6.36 Å². The summed E-state index contributed by atoms with van der Waals surface area (Å²) in [7, 11) is 0. The molecule has 1 aliphatic rings. The Morgan fingerprint density at radius 1 is 0.886 bits per heavy atom. The summed E-state index contributed by atoms with van der Waals surface area (Å²) in [6.07, 6.45) is -5.30. The first kappa shape index (κ1) is 27.2. The van der Waals surface area contributed by atoms with E-state index in [1.807, 2.05) is 0 Å². The van der Waals surface area contributed by atoms with Crippen molar-refractivity contribution in [3.8, 4) is 5.75 Å². The first-order valence-corrected chi connectivity index (χ1v) is 11.4. The molecule has 0 aliphatic heterocycles. The zero-order valence-electron chi connectivity index (χ0n) is 19.2. The molecular weight excluding hydrogens is 484 g/mol. The number of hydrogen-bond acceptors (Lipinski definition) is 2. The minimum atomic E-state index is -5.35. The van der Waals surface area contributed by atoms with Gasteiger partial charge in [0.2, 0.25) is 5.75 Å². The Kier molecular flexibility index (Phi) is 8.34. The fourth-order valence-corrected chi connectivity index (χ4v) is 4.60. The molecule has 0 radical (unpaired) electrons. The Morgan fingerprint density at radius 2 is 1.49 bits per heavy atom. The number of benzene rings is 2. The Balaban J connectivity index is 1.73. The number of rotatable bonds is 8. The fraction of sp³-hybridized carbons (Fsp3) is 0.520. The van der Waals surface area contributed by atoms with Gasteiger partial charge in [0.25, 0.3) is 0 Å². The van der Waals surface area contributed by atoms with Crippen molar-refractivity contribution in [2.75, 3.05) is 0 Å². The summed E-state index contributed by atoms with van der Waals surface area (Å²) in [6, 6.07) is 4.19. The van der Waals surface area contributed by atoms with Crippen molar-refractivity contribution in [2.24, 2.45) is 5.92 Å². The van der Waals surface area contributed by atoms with Crippen molar-refractivity contribution in [2.45, 2.75) is 76.9 Å². The summed E-state index contributed by atoms with van der Waals surface area (Å²) in [5.41, 5.74) is -0.949. The lowest BCUT2D eigenvalue weighted by Crippen LogP contribution is -2.23. The summed E-state index contributed by atoms with van der Waals surface area (Å²) in [4.78, 5) is 0. The second-order valence-corrected chi connectivity index (χ2v) is 8.88. The Labute approximate surface area is 198 Å². The normalized spacial score (nSPS) is 20.1. The van der Waals surface area contributed by atoms with Gasteiger partial charge >= 0.3 is 12.5 Å². The van der Waals surface area contributed by atoms with Gasteiger partial charge in [0.15, 0.2) is 11.6 Å². The lowest BCUT2D eigenvalue weighted by Gasteiger charge is -2.29. The van der Waals surface area contributed by atoms with E-state index in [1.54, 1.807) is 0 Å². The van der Waals surface area contributed by atoms with Crippen LogP contribution in [0, 0.1) is 23.4 Å². The van der Waals surface area contributed by atoms with Gasteiger partial charge in [-0.1, -0.05) is 25.8 Å². The molecule has 1 fully saturated rings. The van der Waals surface area contributed by atoms with Crippen LogP contribution in [0.25, 0.3) is 0 Å². The smallest absolute Gasteiger partial charge is 0.399 e. The Morgan fingerprint density at radius 3 is 2.00 bits per heavy atom. The molecule has 10 heteroatoms. The van der Waals surface area contributed by atoms with E-state index in [1.165, 1.54) is 6.07 Å². The molecule has 0 saturated heterocycles. The molecule has 0 N–H and O–H groups in total. The van der Waals surface area contributed by atoms with Crippen LogP contribution in [0.1, 0.15) is 81.1 Å². The molecule has 1 atom stereocenters. The average molecular weight is 510 g/mol. The molecule has 35 heavy (non-hydrogen) atoms. The lowest BCUT2D eigenvalue weighted by atomic mass is 9.77. The van der Waals surface area contributed by atoms with Crippen LogP contribution >= 0.6 is 0 Å². The molecule has 0 heterocycles. The monoisotopic (exact) mass is 510 g/mol. The zero-order valence-corrected chi connectivity index (χ0v) is 19.2. The summed E-state index contributed by atoms with van der Waals surface area (Å²) in [5.74, 6) is -5.69. The van der Waals surface area contributed by atoms with E-state index in [9.17, 15) is 35.1 Å². The van der Waals surface area contributed by atoms with Crippen LogP contribution in [0.15, 0.2) is 30.3 Å². The van der Waals surface area contributed by atoms with Gasteiger partial charge < -0.3 is 9.47 Å². The maximum absolute atomic E-state index is 14.7. The molecule has 0 bridgehead atoms. The van der Waals surface area contributed by atoms with Gasteiger partial charge in [-0.2, -0.15) is 8.78 Å². The number of halogens is 8. The molecule has 2 aromatic rings. The second kappa shape index (κ2) is 10.7. The van der Waals surface area contributed by atoms with Crippen LogP contribution < -0.4 is 4.74 Å². The van der Waals surface area contributed by atoms with Crippen molar-refractivity contribution in [3.05, 3.63) is 64.5 Å². The largest absolute Gasteiger partial charge is 0.573 e. The fourth-order valence-electron chi connectivity index (χ4n) is 4.60. The van der Waals surface area contributed by atoms with E-state index in [4.69, 9.17) is 0 Å². The van der Waals surface area contributed by atoms with Gasteiger partial charge in [0.05, 0.1) is 11.7 Å². The van der Waals surface area contributed by atoms with Gasteiger partial charge in [0, 0.05) is 0 Å². The van der Waals surface area contributed by atoms with Crippen molar-refractivity contribution >= 4 is 0 Å². The molecule has 194 valence electrons. The number of ether oxygens (including phenoxy) is 2. The van der Waals surface area contributed by atoms with E-state index < -0.39 is 52.9 Å². The van der Waals surface area contributed by atoms with Gasteiger partial charge in [-0.15, -0.1) is 13.2 Å². The third-order valence-electron chi connectivity index (χ3n) is 6.35. The highest BCUT2D eigenvalue weighted by Crippen LogP contribution is 2.41. The minimum absolute atomic E-state index is 0.0727. The topological polar surface area (TPSA) is 18.5 Å². The number of hydrogen-bond donors (Lipinski definition) is 0. The van der Waals surface area contributed by atoms with Crippen LogP contribution in [0.2, 0.25) is 0 Å². The van der Waals surface area contributed by atoms with Crippen LogP contribution in [0.5, 0.6) is 5.75 Å². The molecule has 2 nitrogen and oxygen atoms in total. The van der Waals surface area contributed by atoms with Crippen molar-refractivity contribution in [1.29, 1.82) is 0 Å². The molecule has 1 aliphatic carbocycles. The summed E-state index contributed by atoms with van der Waals surface area (Å²) >= 11 is 0. The molecule has 1 unspecified atom stereocenters. The third-order valence-corrected chi connectivity index (χ3v) is 6.35. The van der Waals surface area contributed by atoms with Gasteiger partial charge in [-0.05, 0) is 79.8 Å². The Bertz CT molecular complexity index is 990. The molecule has 1 saturated carbocycles. The van der Waals surface area contributed by atoms with Crippen molar-refractivity contribution in [3.63, 3.8) is 0 Å². The molecule has 0 aromatic heterocycles. The third kappa shape index (κ3) is 6.86. The first-order chi connectivity index (χ1) is 16.3. The van der Waals surface area contributed by atoms with Gasteiger partial charge in [0.1, 0.15) is 5.82 Å². The van der Waals surface area contributed by atoms with Gasteiger partial charge in [-0.25, -0.2) is 13.2 Å². The second-order valence-electron chi connectivity index (χ2n) is 8.88. The zero-order chi connectivity index (χ0) is 26.0. The maximum Gasteiger partial charge on any atom is 0.573 e. The lowest BCUT2D eigenvalue weighted by molar-refractivity contribution is -0.276. The van der Waals surface area contributed by atoms with Crippen LogP contribution in [0.3, 0.4) is 0 Å². The predicted octanol–water partition coefficient (Wildman–Crippen LogP) is 8.90. The quantitative estimate of drug-likeness (QED) is 0.330. The van der Waals surface area contributed by atoms with Gasteiger partial charge in [-0.3, -0.25) is 0 Å². The summed E-state index contributed by atoms with van der Waals surface area (Å²) in [5, 5.41) is 0. The highest BCUT2D eigenvalue weighted by molar-refractivity contribution is 5.33. The van der Waals surface area contributed by atoms with E-state index in [0.29, 0.717) is 23.6 Å². The minimum Gasteiger partial charge on any atom is -0.399 e. The summed E-state index contributed by atoms with van der Waals surface area (Å²) in [6.45, 7) is 3.13. The van der Waals surface area contributed by atoms with Crippen LogP contribution in [0.4, 0.5) is 35.1 Å². The van der Waals surface area contributed by atoms with Crippen LogP contribution in [-0.2, 0) is 10.8 Å². The highest BCUT2D eigenvalue weighted by Gasteiger charge is 2.39. The van der Waals surface area contributed by atoms with Crippen molar-refractivity contribution < 1.29 is 44.6 Å². The average Bonchev–Trinajstić information content (AvgIpc) is 2.75. The Hall–Kier alpha value is -2.36. The molecule has 0 spiro atoms. The standard InChI is InChI=1S/C25H26F8O2/c1-3-4-15-5-7-16(8-6-15)17-9-10-19(20(26)11-17)24(29,30)34-14(2)18-12-21(27)23(22(28)13-18)35-25(31,32)33/h9-16H,3-8H2,1-2H3. The van der Waals surface area contributed by atoms with E-state index in [0.717, 1.165) is 57.6 Å². The first-order valence-electron chi connectivity index (χ1n) is 11.4. The molecule has 2 aromatic carbocycles. The van der Waals surface area contributed by atoms with E-state index in [2.05, 4.69) is 16.4 Å². The SMILES string of the molecule is CCCC1CCC(c2ccc(C(F)(F)OC(C)c3cc(F)c(OC(F)(F)F)c(F)c3)c(F)c2)CC1. The maximum atomic E-state index is 14.7. The molecular formula is C25H26F8O2. The van der Waals surface area contributed by atoms with E-state index in [-0.39, 0.29) is 5.92 Å². The molecule has 0 amide bonds. The summed E-state index contributed by atoms with van der Waals surface area (Å²) < 4.78 is 117. The van der Waals surface area contributed by atoms with E-state index >= 15 is 0 Å². The number of alkyl halides is 5. The highest BCUT2D eigenvalue weighted by atomic mass is 19.4. The van der Waals surface area contributed by atoms with Crippen molar-refractivity contribution in [1.82, 2.24) is 0 Å². The predicted molar refractivity (Wildman–Crippen MR) is 112 cm³/mol.